The summed E-state index contributed by atoms with van der Waals surface area (Å²) in [5, 5.41) is 5.45. The number of aromatic nitrogens is 3. The molecule has 0 aliphatic carbocycles. The van der Waals surface area contributed by atoms with E-state index in [1.807, 2.05) is 24.3 Å². The summed E-state index contributed by atoms with van der Waals surface area (Å²) < 4.78 is 21.0. The summed E-state index contributed by atoms with van der Waals surface area (Å²) in [5.41, 5.74) is 2.56. The molecular formula is C16H12N4O3S. The fraction of sp³-hybridized carbons (Fsp3) is 0.0625. The van der Waals surface area contributed by atoms with E-state index in [4.69, 9.17) is 4.74 Å². The van der Waals surface area contributed by atoms with Gasteiger partial charge in [-0.3, -0.25) is 14.5 Å². The standard InChI is InChI=1S/C16H12N4O3S/c1-23-13-4-12(7-17-9-13)10-2-3-11-8-18-20(14(11)5-10)16-6-15(21)19-24(16)22/h2-9H,1H3,(H,19,21). The highest BCUT2D eigenvalue weighted by Crippen LogP contribution is 2.28. The number of methoxy groups -OCH3 is 1. The summed E-state index contributed by atoms with van der Waals surface area (Å²) in [6.07, 6.45) is 6.34. The molecule has 0 spiro atoms. The van der Waals surface area contributed by atoms with E-state index in [0.29, 0.717) is 10.8 Å². The molecule has 1 aliphatic heterocycles. The van der Waals surface area contributed by atoms with Crippen LogP contribution in [0.2, 0.25) is 0 Å². The summed E-state index contributed by atoms with van der Waals surface area (Å²) in [5.74, 6) is 0.274. The zero-order valence-corrected chi connectivity index (χ0v) is 13.4. The molecule has 1 N–H and O–H groups in total. The van der Waals surface area contributed by atoms with Crippen LogP contribution in [0.15, 0.2) is 48.9 Å². The van der Waals surface area contributed by atoms with Gasteiger partial charge in [0.1, 0.15) is 5.75 Å². The van der Waals surface area contributed by atoms with Gasteiger partial charge in [0.2, 0.25) is 0 Å². The number of hydrogen-bond donors (Lipinski definition) is 1. The Morgan fingerprint density at radius 2 is 2.04 bits per heavy atom. The fourth-order valence-electron chi connectivity index (χ4n) is 2.54. The molecule has 24 heavy (non-hydrogen) atoms. The first-order valence-electron chi connectivity index (χ1n) is 7.07. The molecule has 1 aliphatic rings. The van der Waals surface area contributed by atoms with Gasteiger partial charge >= 0.3 is 0 Å². The van der Waals surface area contributed by atoms with Crippen molar-refractivity contribution < 1.29 is 13.7 Å². The Hall–Kier alpha value is -3.00. The average molecular weight is 340 g/mol. The number of carbonyl (C=O) groups is 1. The Bertz CT molecular complexity index is 1030. The second kappa shape index (κ2) is 5.57. The van der Waals surface area contributed by atoms with E-state index >= 15 is 0 Å². The zero-order chi connectivity index (χ0) is 16.7. The summed E-state index contributed by atoms with van der Waals surface area (Å²) in [6, 6.07) is 7.67. The molecule has 3 aromatic rings. The van der Waals surface area contributed by atoms with E-state index < -0.39 is 11.0 Å². The predicted octanol–water partition coefficient (Wildman–Crippen LogP) is 1.70. The monoisotopic (exact) mass is 340 g/mol. The number of pyridine rings is 1. The molecule has 0 radical (unpaired) electrons. The highest BCUT2D eigenvalue weighted by molar-refractivity contribution is 7.93. The molecule has 7 nitrogen and oxygen atoms in total. The maximum atomic E-state index is 12.0. The summed E-state index contributed by atoms with van der Waals surface area (Å²) in [6.45, 7) is 0. The van der Waals surface area contributed by atoms with Crippen LogP contribution in [0.3, 0.4) is 0 Å². The minimum Gasteiger partial charge on any atom is -0.495 e. The van der Waals surface area contributed by atoms with Gasteiger partial charge in [0.15, 0.2) is 16.0 Å². The van der Waals surface area contributed by atoms with Crippen LogP contribution in [0.5, 0.6) is 5.75 Å². The van der Waals surface area contributed by atoms with Crippen LogP contribution < -0.4 is 9.46 Å². The Morgan fingerprint density at radius 1 is 1.17 bits per heavy atom. The molecule has 0 fully saturated rings. The fourth-order valence-corrected chi connectivity index (χ4v) is 3.40. The van der Waals surface area contributed by atoms with Crippen molar-refractivity contribution in [2.45, 2.75) is 0 Å². The van der Waals surface area contributed by atoms with Crippen LogP contribution in [-0.4, -0.2) is 32.0 Å². The lowest BCUT2D eigenvalue weighted by Crippen LogP contribution is -2.17. The largest absolute Gasteiger partial charge is 0.495 e. The molecule has 1 atom stereocenters. The molecule has 0 bridgehead atoms. The van der Waals surface area contributed by atoms with Gasteiger partial charge in [0.25, 0.3) is 5.91 Å². The van der Waals surface area contributed by atoms with E-state index in [-0.39, 0.29) is 5.91 Å². The van der Waals surface area contributed by atoms with Crippen molar-refractivity contribution >= 4 is 32.8 Å². The quantitative estimate of drug-likeness (QED) is 0.784. The van der Waals surface area contributed by atoms with Crippen LogP contribution in [-0.2, 0) is 15.8 Å². The number of carbonyl (C=O) groups excluding carboxylic acids is 1. The van der Waals surface area contributed by atoms with E-state index in [9.17, 15) is 9.00 Å². The van der Waals surface area contributed by atoms with Gasteiger partial charge < -0.3 is 4.74 Å². The summed E-state index contributed by atoms with van der Waals surface area (Å²) in [4.78, 5) is 15.6. The smallest absolute Gasteiger partial charge is 0.258 e. The van der Waals surface area contributed by atoms with Crippen LogP contribution >= 0.6 is 0 Å². The molecule has 1 aromatic carbocycles. The van der Waals surface area contributed by atoms with Gasteiger partial charge in [-0.05, 0) is 17.7 Å². The van der Waals surface area contributed by atoms with Gasteiger partial charge in [-0.2, -0.15) is 5.10 Å². The number of fused-ring (bicyclic) bond motifs is 1. The van der Waals surface area contributed by atoms with Gasteiger partial charge in [0.05, 0.1) is 25.0 Å². The molecule has 0 saturated heterocycles. The van der Waals surface area contributed by atoms with Gasteiger partial charge in [-0.1, -0.05) is 12.1 Å². The SMILES string of the molecule is COc1cncc(-c2ccc3cnn(C4=CC(=O)NS4=O)c3c2)c1. The molecular weight excluding hydrogens is 328 g/mol. The van der Waals surface area contributed by atoms with Crippen LogP contribution in [0, 0.1) is 0 Å². The Balaban J connectivity index is 1.86. The van der Waals surface area contributed by atoms with Gasteiger partial charge in [0, 0.05) is 23.2 Å². The van der Waals surface area contributed by atoms with E-state index in [1.165, 1.54) is 10.8 Å². The normalized spacial score (nSPS) is 17.0. The zero-order valence-electron chi connectivity index (χ0n) is 12.6. The van der Waals surface area contributed by atoms with Crippen molar-refractivity contribution in [1.29, 1.82) is 0 Å². The van der Waals surface area contributed by atoms with E-state index in [1.54, 1.807) is 25.7 Å². The third kappa shape index (κ3) is 2.37. The lowest BCUT2D eigenvalue weighted by atomic mass is 10.1. The molecule has 120 valence electrons. The van der Waals surface area contributed by atoms with Crippen molar-refractivity contribution in [1.82, 2.24) is 19.5 Å². The molecule has 4 rings (SSSR count). The summed E-state index contributed by atoms with van der Waals surface area (Å²) >= 11 is 0. The first kappa shape index (κ1) is 14.6. The topological polar surface area (TPSA) is 86.1 Å². The molecule has 3 heterocycles. The first-order chi connectivity index (χ1) is 11.7. The van der Waals surface area contributed by atoms with Crippen molar-refractivity contribution in [2.75, 3.05) is 7.11 Å². The molecule has 0 saturated carbocycles. The Kier molecular flexibility index (Phi) is 3.39. The molecule has 2 aromatic heterocycles. The number of benzene rings is 1. The van der Waals surface area contributed by atoms with Crippen LogP contribution in [0.1, 0.15) is 0 Å². The predicted molar refractivity (Wildman–Crippen MR) is 90.1 cm³/mol. The maximum absolute atomic E-state index is 12.0. The third-order valence-corrected chi connectivity index (χ3v) is 4.76. The van der Waals surface area contributed by atoms with Gasteiger partial charge in [-0.15, -0.1) is 0 Å². The number of amides is 1. The first-order valence-corrected chi connectivity index (χ1v) is 8.22. The maximum Gasteiger partial charge on any atom is 0.258 e. The number of nitrogens with one attached hydrogen (secondary N) is 1. The highest BCUT2D eigenvalue weighted by atomic mass is 32.2. The number of hydrogen-bond acceptors (Lipinski definition) is 5. The van der Waals surface area contributed by atoms with Crippen molar-refractivity contribution in [3.63, 3.8) is 0 Å². The minimum atomic E-state index is -1.60. The lowest BCUT2D eigenvalue weighted by Gasteiger charge is -2.06. The highest BCUT2D eigenvalue weighted by Gasteiger charge is 2.23. The van der Waals surface area contributed by atoms with Crippen LogP contribution in [0.4, 0.5) is 0 Å². The third-order valence-electron chi connectivity index (χ3n) is 3.70. The minimum absolute atomic E-state index is 0.316. The number of nitrogens with zero attached hydrogens (tertiary/aromatic N) is 3. The van der Waals surface area contributed by atoms with Crippen molar-refractivity contribution in [3.8, 4) is 16.9 Å². The number of rotatable bonds is 3. The molecule has 1 amide bonds. The van der Waals surface area contributed by atoms with Gasteiger partial charge in [-0.25, -0.2) is 8.89 Å². The average Bonchev–Trinajstić information content (AvgIpc) is 3.16. The molecule has 1 unspecified atom stereocenters. The van der Waals surface area contributed by atoms with E-state index in [2.05, 4.69) is 14.8 Å². The van der Waals surface area contributed by atoms with Crippen LogP contribution in [0.25, 0.3) is 27.1 Å². The molecule has 8 heteroatoms. The van der Waals surface area contributed by atoms with E-state index in [0.717, 1.165) is 22.0 Å². The van der Waals surface area contributed by atoms with Crippen molar-refractivity contribution in [2.24, 2.45) is 0 Å². The lowest BCUT2D eigenvalue weighted by molar-refractivity contribution is -0.114. The number of ether oxygens (including phenoxy) is 1. The summed E-state index contributed by atoms with van der Waals surface area (Å²) in [7, 11) is -0.0144. The Morgan fingerprint density at radius 3 is 2.79 bits per heavy atom. The van der Waals surface area contributed by atoms with Crippen molar-refractivity contribution in [3.05, 3.63) is 48.9 Å². The second-order valence-corrected chi connectivity index (χ2v) is 6.32. The second-order valence-electron chi connectivity index (χ2n) is 5.16. The Labute approximate surface area is 139 Å².